The number of anilines is 2. The number of aryl methyl sites for hydroxylation is 1. The van der Waals surface area contributed by atoms with E-state index >= 15 is 0 Å². The predicted octanol–water partition coefficient (Wildman–Crippen LogP) is 11.5. The highest BCUT2D eigenvalue weighted by Crippen LogP contribution is 2.37. The van der Waals surface area contributed by atoms with E-state index < -0.39 is 45.0 Å². The molecular formula is C55H49Cl2N9O11S2. The smallest absolute Gasteiger partial charge is 0.285 e. The van der Waals surface area contributed by atoms with E-state index in [-0.39, 0.29) is 44.3 Å². The molecule has 0 aliphatic rings. The van der Waals surface area contributed by atoms with Gasteiger partial charge in [0, 0.05) is 40.3 Å². The third-order valence-electron chi connectivity index (χ3n) is 11.6. The first-order chi connectivity index (χ1) is 38.1. The minimum atomic E-state index is -4.21. The fourth-order valence-corrected chi connectivity index (χ4v) is 10.8. The van der Waals surface area contributed by atoms with Gasteiger partial charge < -0.3 is 34.4 Å². The number of benzene rings is 6. The number of amides is 2. The van der Waals surface area contributed by atoms with Crippen molar-refractivity contribution in [2.24, 2.45) is 20.5 Å². The van der Waals surface area contributed by atoms with Gasteiger partial charge in [0.25, 0.3) is 31.9 Å². The third-order valence-corrected chi connectivity index (χ3v) is 15.7. The molecule has 0 fully saturated rings. The SMILES string of the molecule is COCCOc1ccc(S(=O)(=O)N(CC(=O)N=Nc2c(O)[nH]c3ccccc23)c2ccc(Cl)cc2)cc1.O=C(CN(c1ccc(Cl)cc1)S(=O)(=O)c1ccc(OCCCc2cccnc2)cc1)N=Nc1c(O)[nH]c2ccccc12. The van der Waals surface area contributed by atoms with Gasteiger partial charge in [-0.15, -0.1) is 20.5 Å². The summed E-state index contributed by atoms with van der Waals surface area (Å²) >= 11 is 12.0. The third kappa shape index (κ3) is 14.5. The molecule has 20 nitrogen and oxygen atoms in total. The monoisotopic (exact) mass is 1150 g/mol. The lowest BCUT2D eigenvalue weighted by molar-refractivity contribution is -0.117. The van der Waals surface area contributed by atoms with Crippen LogP contribution in [-0.2, 0) is 40.8 Å². The summed E-state index contributed by atoms with van der Waals surface area (Å²) in [5, 5.41) is 37.4. The van der Waals surface area contributed by atoms with Crippen LogP contribution in [0.25, 0.3) is 21.8 Å². The number of sulfonamides is 2. The normalized spacial score (nSPS) is 11.7. The molecule has 9 aromatic rings. The van der Waals surface area contributed by atoms with Crippen LogP contribution in [0.1, 0.15) is 12.0 Å². The Morgan fingerprint density at radius 1 is 0.570 bits per heavy atom. The van der Waals surface area contributed by atoms with E-state index in [1.807, 2.05) is 18.3 Å². The van der Waals surface area contributed by atoms with Gasteiger partial charge in [-0.05, 0) is 134 Å². The Balaban J connectivity index is 0.000000210. The summed E-state index contributed by atoms with van der Waals surface area (Å²) in [4.78, 5) is 35.2. The summed E-state index contributed by atoms with van der Waals surface area (Å²) in [6.07, 6.45) is 5.11. The van der Waals surface area contributed by atoms with Crippen molar-refractivity contribution in [3.05, 3.63) is 186 Å². The highest BCUT2D eigenvalue weighted by Gasteiger charge is 2.29. The molecule has 0 unspecified atom stereocenters. The van der Waals surface area contributed by atoms with Gasteiger partial charge >= 0.3 is 0 Å². The van der Waals surface area contributed by atoms with E-state index in [1.165, 1.54) is 84.9 Å². The Hall–Kier alpha value is -8.67. The topological polar surface area (TPSA) is 271 Å². The van der Waals surface area contributed by atoms with Crippen LogP contribution in [0.15, 0.2) is 200 Å². The number of methoxy groups -OCH3 is 1. The number of halogens is 2. The molecule has 0 aliphatic carbocycles. The number of H-pyrrole nitrogens is 2. The molecule has 0 spiro atoms. The molecule has 4 N–H and O–H groups in total. The number of hydrogen-bond acceptors (Lipinski definition) is 14. The van der Waals surface area contributed by atoms with Crippen LogP contribution >= 0.6 is 23.2 Å². The fourth-order valence-electron chi connectivity index (χ4n) is 7.72. The Morgan fingerprint density at radius 2 is 1.01 bits per heavy atom. The summed E-state index contributed by atoms with van der Waals surface area (Å²) in [5.41, 5.74) is 2.92. The Labute approximate surface area is 463 Å². The van der Waals surface area contributed by atoms with E-state index in [9.17, 15) is 36.6 Å². The largest absolute Gasteiger partial charge is 0.494 e. The minimum Gasteiger partial charge on any atom is -0.494 e. The molecule has 0 saturated heterocycles. The maximum absolute atomic E-state index is 13.7. The van der Waals surface area contributed by atoms with Crippen LogP contribution in [0, 0.1) is 0 Å². The van der Waals surface area contributed by atoms with Crippen LogP contribution in [0.2, 0.25) is 10.0 Å². The molecule has 2 amide bonds. The van der Waals surface area contributed by atoms with Crippen molar-refractivity contribution in [2.45, 2.75) is 22.6 Å². The van der Waals surface area contributed by atoms with Gasteiger partial charge in [-0.3, -0.25) is 23.2 Å². The van der Waals surface area contributed by atoms with Crippen molar-refractivity contribution in [1.82, 2.24) is 15.0 Å². The number of fused-ring (bicyclic) bond motifs is 2. The summed E-state index contributed by atoms with van der Waals surface area (Å²) in [6, 6.07) is 41.7. The van der Waals surface area contributed by atoms with Crippen molar-refractivity contribution in [2.75, 3.05) is 48.6 Å². The molecule has 24 heteroatoms. The molecule has 6 aromatic carbocycles. The van der Waals surface area contributed by atoms with Gasteiger partial charge in [-0.2, -0.15) is 0 Å². The van der Waals surface area contributed by atoms with Gasteiger partial charge in [-0.25, -0.2) is 16.8 Å². The van der Waals surface area contributed by atoms with Crippen LogP contribution in [-0.4, -0.2) is 93.8 Å². The number of aromatic nitrogens is 3. The highest BCUT2D eigenvalue weighted by molar-refractivity contribution is 7.93. The quantitative estimate of drug-likeness (QED) is 0.0386. The second-order valence-corrected chi connectivity index (χ2v) is 21.6. The van der Waals surface area contributed by atoms with E-state index in [4.69, 9.17) is 37.4 Å². The maximum atomic E-state index is 13.7. The number of nitrogens with one attached hydrogen (secondary N) is 2. The first-order valence-electron chi connectivity index (χ1n) is 24.0. The number of aromatic hydroxyl groups is 2. The zero-order valence-corrected chi connectivity index (χ0v) is 45.0. The molecule has 0 radical (unpaired) electrons. The standard InChI is InChI=1S/C30H26ClN5O5S.C25H23ClN4O6S/c31-22-9-11-23(12-10-22)36(20-28(37)34-35-29-26-7-1-2-8-27(26)33-30(29)38)42(39,40)25-15-13-24(14-16-25)41-18-4-6-21-5-3-17-32-19-21;1-35-14-15-36-19-10-12-20(13-11-19)37(33,34)30(18-8-6-17(26)7-9-18)16-23(31)28-29-24-21-4-2-3-5-22(21)27-25(24)32/h1-3,5,7-17,19,33,38H,4,6,18,20H2;2-13,27,32H,14-16H2,1H3. The van der Waals surface area contributed by atoms with Crippen LogP contribution in [0.5, 0.6) is 23.3 Å². The zero-order chi connectivity index (χ0) is 55.9. The second kappa shape index (κ2) is 26.1. The number of carbonyl (C=O) groups is 2. The lowest BCUT2D eigenvalue weighted by atomic mass is 10.2. The number of ether oxygens (including phenoxy) is 3. The molecule has 0 atom stereocenters. The second-order valence-electron chi connectivity index (χ2n) is 17.0. The highest BCUT2D eigenvalue weighted by atomic mass is 35.5. The van der Waals surface area contributed by atoms with Crippen molar-refractivity contribution in [3.63, 3.8) is 0 Å². The minimum absolute atomic E-state index is 0.0424. The molecule has 9 rings (SSSR count). The molecule has 406 valence electrons. The molecule has 0 aliphatic heterocycles. The molecular weight excluding hydrogens is 1100 g/mol. The van der Waals surface area contributed by atoms with E-state index in [2.05, 4.69) is 35.4 Å². The van der Waals surface area contributed by atoms with Crippen molar-refractivity contribution < 1.29 is 50.8 Å². The fraction of sp³-hybridized carbons (Fsp3) is 0.145. The number of aromatic amines is 2. The summed E-state index contributed by atoms with van der Waals surface area (Å²) in [6.45, 7) is -0.127. The van der Waals surface area contributed by atoms with Crippen molar-refractivity contribution in [1.29, 1.82) is 0 Å². The maximum Gasteiger partial charge on any atom is 0.285 e. The number of para-hydroxylation sites is 2. The van der Waals surface area contributed by atoms with Crippen molar-refractivity contribution >= 4 is 99.6 Å². The van der Waals surface area contributed by atoms with Gasteiger partial charge in [0.05, 0.1) is 45.4 Å². The van der Waals surface area contributed by atoms with Crippen LogP contribution in [0.3, 0.4) is 0 Å². The lowest BCUT2D eigenvalue weighted by Gasteiger charge is -2.23. The Kier molecular flexibility index (Phi) is 18.7. The molecule has 3 heterocycles. The number of hydrogen-bond donors (Lipinski definition) is 4. The summed E-state index contributed by atoms with van der Waals surface area (Å²) in [7, 11) is -6.84. The van der Waals surface area contributed by atoms with E-state index in [0.717, 1.165) is 27.0 Å². The zero-order valence-electron chi connectivity index (χ0n) is 41.9. The lowest BCUT2D eigenvalue weighted by Crippen LogP contribution is -2.35. The summed E-state index contributed by atoms with van der Waals surface area (Å²) < 4.78 is 72.6. The van der Waals surface area contributed by atoms with E-state index in [1.54, 1.807) is 74.0 Å². The predicted molar refractivity (Wildman–Crippen MR) is 299 cm³/mol. The van der Waals surface area contributed by atoms with Gasteiger partial charge in [0.2, 0.25) is 11.8 Å². The van der Waals surface area contributed by atoms with Crippen molar-refractivity contribution in [3.8, 4) is 23.3 Å². The molecule has 0 bridgehead atoms. The number of rotatable bonds is 21. The number of pyridine rings is 1. The van der Waals surface area contributed by atoms with Gasteiger partial charge in [-0.1, -0.05) is 65.7 Å². The van der Waals surface area contributed by atoms with E-state index in [0.29, 0.717) is 63.2 Å². The summed E-state index contributed by atoms with van der Waals surface area (Å²) in [5.74, 6) is -1.21. The van der Waals surface area contributed by atoms with Gasteiger partial charge in [0.1, 0.15) is 31.2 Å². The molecule has 0 saturated carbocycles. The number of carbonyl (C=O) groups excluding carboxylic acids is 2. The van der Waals surface area contributed by atoms with Crippen LogP contribution in [0.4, 0.5) is 22.7 Å². The first kappa shape index (κ1) is 56.5. The van der Waals surface area contributed by atoms with Gasteiger partial charge in [0.15, 0.2) is 11.4 Å². The Bertz CT molecular complexity index is 3830. The Morgan fingerprint density at radius 3 is 1.44 bits per heavy atom. The average Bonchev–Trinajstić information content (AvgIpc) is 4.00. The molecule has 3 aromatic heterocycles. The average molecular weight is 1150 g/mol. The van der Waals surface area contributed by atoms with Crippen LogP contribution < -0.4 is 18.1 Å². The number of nitrogens with zero attached hydrogens (tertiary/aromatic N) is 7. The molecule has 79 heavy (non-hydrogen) atoms. The first-order valence-corrected chi connectivity index (χ1v) is 27.6. The number of azo groups is 2.